The minimum Gasteiger partial charge on any atom is -0.457 e. The summed E-state index contributed by atoms with van der Waals surface area (Å²) in [5.41, 5.74) is 2.32. The molecule has 1 aliphatic rings. The van der Waals surface area contributed by atoms with Crippen molar-refractivity contribution in [2.24, 2.45) is 5.92 Å². The number of Topliss-reactive ketones (excluding diaryl/α,β-unsaturated/α-hetero) is 1. The fourth-order valence-corrected chi connectivity index (χ4v) is 3.55. The van der Waals surface area contributed by atoms with Gasteiger partial charge in [-0.3, -0.25) is 9.78 Å². The lowest BCUT2D eigenvalue weighted by atomic mass is 10.0. The summed E-state index contributed by atoms with van der Waals surface area (Å²) in [4.78, 5) is 19.9. The molecule has 0 atom stereocenters. The minimum atomic E-state index is -0.225. The Hall–Kier alpha value is -2.94. The molecule has 2 aromatic carbocycles. The van der Waals surface area contributed by atoms with Gasteiger partial charge in [0.15, 0.2) is 5.69 Å². The molecule has 1 N–H and O–H groups in total. The van der Waals surface area contributed by atoms with E-state index >= 15 is 0 Å². The van der Waals surface area contributed by atoms with Crippen molar-refractivity contribution in [3.05, 3.63) is 70.2 Å². The Morgan fingerprint density at radius 2 is 2.07 bits per heavy atom. The number of hydrogen-bond acceptors (Lipinski definition) is 4. The molecule has 0 bridgehead atoms. The van der Waals surface area contributed by atoms with Crippen molar-refractivity contribution in [3.63, 3.8) is 0 Å². The number of fused-ring (bicyclic) bond motifs is 1. The summed E-state index contributed by atoms with van der Waals surface area (Å²) in [5.74, 6) is 1.86. The standard InChI is InChI=1S/C23H19ClN2O3/c1-25-21-12-19-22(10-16(21)13-27)26-7-6-23(19)29-18-5-4-15(20(24)11-18)9-17(28)8-14-2-3-14/h4-7,10-12,14,27H,2-3,8-9,13H2. The Kier molecular flexibility index (Phi) is 5.48. The van der Waals surface area contributed by atoms with Crippen LogP contribution in [-0.4, -0.2) is 15.9 Å². The van der Waals surface area contributed by atoms with Gasteiger partial charge in [-0.05, 0) is 60.2 Å². The maximum atomic E-state index is 12.1. The first kappa shape index (κ1) is 19.4. The molecule has 0 aliphatic heterocycles. The summed E-state index contributed by atoms with van der Waals surface area (Å²) >= 11 is 6.39. The van der Waals surface area contributed by atoms with Crippen LogP contribution in [0.3, 0.4) is 0 Å². The summed E-state index contributed by atoms with van der Waals surface area (Å²) in [6.07, 6.45) is 4.90. The van der Waals surface area contributed by atoms with Gasteiger partial charge < -0.3 is 9.84 Å². The van der Waals surface area contributed by atoms with Gasteiger partial charge in [-0.15, -0.1) is 0 Å². The van der Waals surface area contributed by atoms with E-state index in [1.165, 1.54) is 0 Å². The van der Waals surface area contributed by atoms with Gasteiger partial charge in [-0.2, -0.15) is 0 Å². The Morgan fingerprint density at radius 3 is 2.76 bits per heavy atom. The van der Waals surface area contributed by atoms with E-state index in [0.29, 0.717) is 57.4 Å². The van der Waals surface area contributed by atoms with E-state index in [1.54, 1.807) is 36.5 Å². The number of carbonyl (C=O) groups is 1. The Morgan fingerprint density at radius 1 is 1.24 bits per heavy atom. The summed E-state index contributed by atoms with van der Waals surface area (Å²) in [6, 6.07) is 10.4. The first-order chi connectivity index (χ1) is 14.1. The molecule has 146 valence electrons. The zero-order valence-corrected chi connectivity index (χ0v) is 16.4. The predicted molar refractivity (Wildman–Crippen MR) is 112 cm³/mol. The number of aromatic nitrogens is 1. The lowest BCUT2D eigenvalue weighted by molar-refractivity contribution is -0.118. The fraction of sp³-hybridized carbons (Fsp3) is 0.261. The highest BCUT2D eigenvalue weighted by molar-refractivity contribution is 6.31. The van der Waals surface area contributed by atoms with Crippen molar-refractivity contribution in [3.8, 4) is 11.5 Å². The zero-order chi connectivity index (χ0) is 20.4. The summed E-state index contributed by atoms with van der Waals surface area (Å²) in [7, 11) is 0. The average Bonchev–Trinajstić information content (AvgIpc) is 3.53. The summed E-state index contributed by atoms with van der Waals surface area (Å²) < 4.78 is 6.01. The quantitative estimate of drug-likeness (QED) is 0.516. The third kappa shape index (κ3) is 4.40. The third-order valence-electron chi connectivity index (χ3n) is 5.05. The van der Waals surface area contributed by atoms with E-state index in [0.717, 1.165) is 18.4 Å². The number of carbonyl (C=O) groups excluding carboxylic acids is 1. The molecule has 0 amide bonds. The van der Waals surface area contributed by atoms with E-state index in [2.05, 4.69) is 9.83 Å². The molecule has 1 saturated carbocycles. The van der Waals surface area contributed by atoms with Crippen LogP contribution < -0.4 is 4.74 Å². The van der Waals surface area contributed by atoms with E-state index in [-0.39, 0.29) is 12.4 Å². The molecule has 1 aliphatic carbocycles. The van der Waals surface area contributed by atoms with Crippen molar-refractivity contribution < 1.29 is 14.6 Å². The topological polar surface area (TPSA) is 63.8 Å². The molecule has 4 rings (SSSR count). The monoisotopic (exact) mass is 406 g/mol. The molecule has 3 aromatic rings. The van der Waals surface area contributed by atoms with Crippen LogP contribution >= 0.6 is 11.6 Å². The molecule has 0 unspecified atom stereocenters. The first-order valence-corrected chi connectivity index (χ1v) is 9.83. The van der Waals surface area contributed by atoms with Crippen molar-refractivity contribution in [1.82, 2.24) is 4.98 Å². The van der Waals surface area contributed by atoms with Gasteiger partial charge in [0.05, 0.1) is 18.7 Å². The molecule has 6 heteroatoms. The number of ketones is 1. The van der Waals surface area contributed by atoms with Crippen LogP contribution in [0.4, 0.5) is 5.69 Å². The van der Waals surface area contributed by atoms with Crippen LogP contribution in [0.5, 0.6) is 11.5 Å². The molecular formula is C23H19ClN2O3. The number of aliphatic hydroxyl groups is 1. The van der Waals surface area contributed by atoms with Crippen LogP contribution in [0.2, 0.25) is 5.02 Å². The van der Waals surface area contributed by atoms with Crippen molar-refractivity contribution in [2.45, 2.75) is 32.3 Å². The fourth-order valence-electron chi connectivity index (χ4n) is 3.31. The van der Waals surface area contributed by atoms with Crippen molar-refractivity contribution in [1.29, 1.82) is 0 Å². The molecule has 29 heavy (non-hydrogen) atoms. The van der Waals surface area contributed by atoms with Gasteiger partial charge in [0.1, 0.15) is 17.3 Å². The average molecular weight is 407 g/mol. The number of benzene rings is 2. The van der Waals surface area contributed by atoms with E-state index in [4.69, 9.17) is 22.9 Å². The molecule has 0 spiro atoms. The lowest BCUT2D eigenvalue weighted by Crippen LogP contribution is -2.04. The number of pyridine rings is 1. The molecule has 1 heterocycles. The second-order valence-corrected chi connectivity index (χ2v) is 7.70. The normalized spacial score (nSPS) is 13.3. The Labute approximate surface area is 173 Å². The van der Waals surface area contributed by atoms with E-state index < -0.39 is 0 Å². The third-order valence-corrected chi connectivity index (χ3v) is 5.40. The minimum absolute atomic E-state index is 0.217. The molecular weight excluding hydrogens is 388 g/mol. The Bertz CT molecular complexity index is 1130. The van der Waals surface area contributed by atoms with Gasteiger partial charge in [-0.1, -0.05) is 17.7 Å². The van der Waals surface area contributed by atoms with Crippen LogP contribution in [0.1, 0.15) is 30.4 Å². The number of halogens is 1. The van der Waals surface area contributed by atoms with Gasteiger partial charge in [0.2, 0.25) is 0 Å². The zero-order valence-electron chi connectivity index (χ0n) is 15.7. The van der Waals surface area contributed by atoms with Crippen molar-refractivity contribution >= 4 is 34.0 Å². The van der Waals surface area contributed by atoms with Gasteiger partial charge in [-0.25, -0.2) is 4.85 Å². The second-order valence-electron chi connectivity index (χ2n) is 7.30. The SMILES string of the molecule is [C-]#[N+]c1cc2c(Oc3ccc(CC(=O)CC4CC4)c(Cl)c3)ccnc2cc1CO. The molecule has 1 fully saturated rings. The predicted octanol–water partition coefficient (Wildman–Crippen LogP) is 5.64. The summed E-state index contributed by atoms with van der Waals surface area (Å²) in [6.45, 7) is 7.09. The molecule has 0 radical (unpaired) electrons. The van der Waals surface area contributed by atoms with Crippen LogP contribution in [-0.2, 0) is 17.8 Å². The molecule has 0 saturated heterocycles. The highest BCUT2D eigenvalue weighted by atomic mass is 35.5. The largest absolute Gasteiger partial charge is 0.457 e. The molecule has 1 aromatic heterocycles. The number of hydrogen-bond donors (Lipinski definition) is 1. The number of rotatable bonds is 7. The van der Waals surface area contributed by atoms with Crippen LogP contribution in [0.15, 0.2) is 42.6 Å². The highest BCUT2D eigenvalue weighted by Crippen LogP contribution is 2.36. The van der Waals surface area contributed by atoms with Gasteiger partial charge >= 0.3 is 0 Å². The number of aliphatic hydroxyl groups excluding tert-OH is 1. The second kappa shape index (κ2) is 8.20. The number of nitrogens with zero attached hydrogens (tertiary/aromatic N) is 2. The smallest absolute Gasteiger partial charge is 0.193 e. The Balaban J connectivity index is 1.58. The van der Waals surface area contributed by atoms with Gasteiger partial charge in [0.25, 0.3) is 0 Å². The van der Waals surface area contributed by atoms with Gasteiger partial charge in [0, 0.05) is 29.4 Å². The summed E-state index contributed by atoms with van der Waals surface area (Å²) in [5, 5.41) is 10.6. The van der Waals surface area contributed by atoms with Crippen LogP contribution in [0, 0.1) is 12.5 Å². The molecule has 5 nitrogen and oxygen atoms in total. The maximum Gasteiger partial charge on any atom is 0.193 e. The maximum absolute atomic E-state index is 12.1. The number of ether oxygens (including phenoxy) is 1. The first-order valence-electron chi connectivity index (χ1n) is 9.45. The highest BCUT2D eigenvalue weighted by Gasteiger charge is 2.24. The van der Waals surface area contributed by atoms with Crippen molar-refractivity contribution in [2.75, 3.05) is 0 Å². The van der Waals surface area contributed by atoms with E-state index in [9.17, 15) is 9.90 Å². The lowest BCUT2D eigenvalue weighted by Gasteiger charge is -2.12. The van der Waals surface area contributed by atoms with Crippen LogP contribution in [0.25, 0.3) is 15.7 Å². The van der Waals surface area contributed by atoms with E-state index in [1.807, 2.05) is 6.07 Å².